The monoisotopic (exact) mass is 313 g/mol. The second-order valence-electron chi connectivity index (χ2n) is 4.45. The molecule has 1 rings (SSSR count). The number of nitrogens with one attached hydrogen (secondary N) is 1. The maximum Gasteiger partial charge on any atom is 0.305 e. The van der Waals surface area contributed by atoms with Crippen molar-refractivity contribution in [1.29, 1.82) is 0 Å². The third-order valence-electron chi connectivity index (χ3n) is 2.76. The Labute approximate surface area is 129 Å². The minimum absolute atomic E-state index is 0.238. The molecule has 0 spiro atoms. The van der Waals surface area contributed by atoms with Gasteiger partial charge in [-0.3, -0.25) is 14.3 Å². The van der Waals surface area contributed by atoms with Crippen LogP contribution >= 0.6 is 11.6 Å². The molecule has 0 atom stereocenters. The molecule has 0 aliphatic heterocycles. The van der Waals surface area contributed by atoms with Crippen molar-refractivity contribution in [3.63, 3.8) is 0 Å². The summed E-state index contributed by atoms with van der Waals surface area (Å²) in [4.78, 5) is 22.7. The molecular weight excluding hydrogens is 294 g/mol. The number of ether oxygens (including phenoxy) is 1. The van der Waals surface area contributed by atoms with E-state index in [1.165, 1.54) is 6.08 Å². The smallest absolute Gasteiger partial charge is 0.305 e. The molecule has 116 valence electrons. The second kappa shape index (κ2) is 8.46. The van der Waals surface area contributed by atoms with Crippen LogP contribution in [-0.2, 0) is 21.4 Å². The number of nitrogens with zero attached hydrogens (tertiary/aromatic N) is 2. The van der Waals surface area contributed by atoms with Crippen LogP contribution in [0.2, 0.25) is 5.15 Å². The van der Waals surface area contributed by atoms with Crippen LogP contribution < -0.4 is 5.32 Å². The van der Waals surface area contributed by atoms with Crippen LogP contribution in [0.1, 0.15) is 31.0 Å². The predicted octanol–water partition coefficient (Wildman–Crippen LogP) is 1.85. The molecule has 0 aromatic carbocycles. The summed E-state index contributed by atoms with van der Waals surface area (Å²) in [5, 5.41) is 7.33. The van der Waals surface area contributed by atoms with E-state index in [2.05, 4.69) is 10.4 Å². The first kappa shape index (κ1) is 17.2. The van der Waals surface area contributed by atoms with Gasteiger partial charge in [0.15, 0.2) is 0 Å². The lowest BCUT2D eigenvalue weighted by atomic mass is 10.2. The molecule has 21 heavy (non-hydrogen) atoms. The Morgan fingerprint density at radius 3 is 2.76 bits per heavy atom. The maximum atomic E-state index is 11.6. The number of aryl methyl sites for hydroxylation is 2. The fraction of sp³-hybridized carbons (Fsp3) is 0.500. The van der Waals surface area contributed by atoms with Crippen LogP contribution in [0.5, 0.6) is 0 Å². The molecule has 1 aromatic heterocycles. The summed E-state index contributed by atoms with van der Waals surface area (Å²) in [6.07, 6.45) is 3.88. The van der Waals surface area contributed by atoms with Crippen molar-refractivity contribution < 1.29 is 14.3 Å². The van der Waals surface area contributed by atoms with Gasteiger partial charge in [0.25, 0.3) is 0 Å². The predicted molar refractivity (Wildman–Crippen MR) is 80.9 cm³/mol. The van der Waals surface area contributed by atoms with Gasteiger partial charge in [0.2, 0.25) is 5.91 Å². The highest BCUT2D eigenvalue weighted by Gasteiger charge is 2.08. The Morgan fingerprint density at radius 1 is 1.48 bits per heavy atom. The number of rotatable bonds is 7. The van der Waals surface area contributed by atoms with Gasteiger partial charge in [-0.05, 0) is 26.3 Å². The van der Waals surface area contributed by atoms with Crippen LogP contribution in [0.3, 0.4) is 0 Å². The van der Waals surface area contributed by atoms with Gasteiger partial charge in [0.1, 0.15) is 5.15 Å². The molecule has 0 unspecified atom stereocenters. The van der Waals surface area contributed by atoms with Gasteiger partial charge in [-0.25, -0.2) is 0 Å². The quantitative estimate of drug-likeness (QED) is 0.474. The van der Waals surface area contributed by atoms with E-state index in [1.807, 2.05) is 6.92 Å². The first-order valence-electron chi connectivity index (χ1n) is 6.76. The molecule has 0 radical (unpaired) electrons. The van der Waals surface area contributed by atoms with Crippen molar-refractivity contribution in [3.05, 3.63) is 22.5 Å². The zero-order chi connectivity index (χ0) is 15.8. The number of carbonyl (C=O) groups excluding carboxylic acids is 2. The zero-order valence-electron chi connectivity index (χ0n) is 12.5. The SMILES string of the molecule is CCOC(=O)CCCNC(=O)C=Cc1c(C)nn(C)c1Cl. The van der Waals surface area contributed by atoms with E-state index >= 15 is 0 Å². The summed E-state index contributed by atoms with van der Waals surface area (Å²) in [7, 11) is 1.74. The minimum atomic E-state index is -0.250. The average Bonchev–Trinajstić information content (AvgIpc) is 2.67. The molecule has 7 heteroatoms. The summed E-state index contributed by atoms with van der Waals surface area (Å²) >= 11 is 6.05. The highest BCUT2D eigenvalue weighted by molar-refractivity contribution is 6.31. The molecule has 1 heterocycles. The van der Waals surface area contributed by atoms with Gasteiger partial charge in [-0.2, -0.15) is 5.10 Å². The summed E-state index contributed by atoms with van der Waals surface area (Å²) in [6.45, 7) is 4.37. The van der Waals surface area contributed by atoms with Gasteiger partial charge < -0.3 is 10.1 Å². The van der Waals surface area contributed by atoms with E-state index in [-0.39, 0.29) is 11.9 Å². The number of hydrogen-bond donors (Lipinski definition) is 1. The third kappa shape index (κ3) is 5.59. The first-order chi connectivity index (χ1) is 9.95. The second-order valence-corrected chi connectivity index (χ2v) is 4.80. The van der Waals surface area contributed by atoms with Crippen LogP contribution in [0.4, 0.5) is 0 Å². The minimum Gasteiger partial charge on any atom is -0.466 e. The fourth-order valence-electron chi connectivity index (χ4n) is 1.73. The summed E-state index contributed by atoms with van der Waals surface area (Å²) in [5.74, 6) is -0.488. The van der Waals surface area contributed by atoms with Crippen molar-refractivity contribution in [1.82, 2.24) is 15.1 Å². The number of esters is 1. The number of hydrogen-bond acceptors (Lipinski definition) is 4. The molecule has 1 amide bonds. The highest BCUT2D eigenvalue weighted by atomic mass is 35.5. The van der Waals surface area contributed by atoms with Gasteiger partial charge in [0, 0.05) is 31.7 Å². The number of halogens is 1. The van der Waals surface area contributed by atoms with Gasteiger partial charge in [0.05, 0.1) is 12.3 Å². The first-order valence-corrected chi connectivity index (χ1v) is 7.14. The topological polar surface area (TPSA) is 73.2 Å². The average molecular weight is 314 g/mol. The normalized spacial score (nSPS) is 10.9. The van der Waals surface area contributed by atoms with E-state index in [1.54, 1.807) is 24.7 Å². The Bertz CT molecular complexity index is 538. The molecule has 0 aliphatic rings. The van der Waals surface area contributed by atoms with E-state index in [9.17, 15) is 9.59 Å². The van der Waals surface area contributed by atoms with E-state index < -0.39 is 0 Å². The lowest BCUT2D eigenvalue weighted by Gasteiger charge is -2.02. The van der Waals surface area contributed by atoms with Crippen LogP contribution in [0.25, 0.3) is 6.08 Å². The van der Waals surface area contributed by atoms with E-state index in [4.69, 9.17) is 16.3 Å². The van der Waals surface area contributed by atoms with Crippen molar-refractivity contribution >= 4 is 29.6 Å². The molecule has 0 aliphatic carbocycles. The summed E-state index contributed by atoms with van der Waals surface area (Å²) in [5.41, 5.74) is 1.48. The van der Waals surface area contributed by atoms with E-state index in [0.29, 0.717) is 31.1 Å². The lowest BCUT2D eigenvalue weighted by molar-refractivity contribution is -0.143. The standard InChI is InChI=1S/C14H20ClN3O3/c1-4-21-13(20)6-5-9-16-12(19)8-7-11-10(2)17-18(3)14(11)15/h7-8H,4-6,9H2,1-3H3,(H,16,19). The summed E-state index contributed by atoms with van der Waals surface area (Å²) in [6, 6.07) is 0. The highest BCUT2D eigenvalue weighted by Crippen LogP contribution is 2.19. The van der Waals surface area contributed by atoms with Crippen molar-refractivity contribution in [2.45, 2.75) is 26.7 Å². The third-order valence-corrected chi connectivity index (χ3v) is 3.21. The molecule has 0 saturated heterocycles. The molecular formula is C14H20ClN3O3. The molecule has 0 fully saturated rings. The maximum absolute atomic E-state index is 11.6. The molecule has 6 nitrogen and oxygen atoms in total. The van der Waals surface area contributed by atoms with Gasteiger partial charge in [-0.15, -0.1) is 0 Å². The van der Waals surface area contributed by atoms with Crippen molar-refractivity contribution in [2.75, 3.05) is 13.2 Å². The van der Waals surface area contributed by atoms with Crippen LogP contribution in [0.15, 0.2) is 6.08 Å². The van der Waals surface area contributed by atoms with E-state index in [0.717, 1.165) is 11.3 Å². The van der Waals surface area contributed by atoms with Crippen molar-refractivity contribution in [2.24, 2.45) is 7.05 Å². The Balaban J connectivity index is 2.37. The number of aromatic nitrogens is 2. The molecule has 0 saturated carbocycles. The van der Waals surface area contributed by atoms with Gasteiger partial charge >= 0.3 is 5.97 Å². The zero-order valence-corrected chi connectivity index (χ0v) is 13.2. The Hall–Kier alpha value is -1.82. The largest absolute Gasteiger partial charge is 0.466 e. The molecule has 1 N–H and O–H groups in total. The van der Waals surface area contributed by atoms with Crippen LogP contribution in [-0.4, -0.2) is 34.8 Å². The Kier molecular flexibility index (Phi) is 6.94. The summed E-state index contributed by atoms with van der Waals surface area (Å²) < 4.78 is 6.34. The number of carbonyl (C=O) groups is 2. The molecule has 0 bridgehead atoms. The van der Waals surface area contributed by atoms with Crippen LogP contribution in [0, 0.1) is 6.92 Å². The van der Waals surface area contributed by atoms with Gasteiger partial charge in [-0.1, -0.05) is 11.6 Å². The fourth-order valence-corrected chi connectivity index (χ4v) is 1.97. The molecule has 1 aromatic rings. The Morgan fingerprint density at radius 2 is 2.19 bits per heavy atom. The van der Waals surface area contributed by atoms with Crippen molar-refractivity contribution in [3.8, 4) is 0 Å². The lowest BCUT2D eigenvalue weighted by Crippen LogP contribution is -2.22. The number of amides is 1.